The van der Waals surface area contributed by atoms with Crippen LogP contribution in [0.1, 0.15) is 361 Å². The molecule has 0 amide bonds. The molecule has 1 atom stereocenters. The number of unbranched alkanes of at least 4 members (excludes halogenated alkanes) is 41. The summed E-state index contributed by atoms with van der Waals surface area (Å²) in [6.45, 7) is 6.54. The fourth-order valence-corrected chi connectivity index (χ4v) is 10.3. The Labute approximate surface area is 497 Å². The number of hydrogen-bond acceptors (Lipinski definition) is 6. The molecule has 0 N–H and O–H groups in total. The second kappa shape index (κ2) is 68.3. The Balaban J connectivity index is 4.12. The van der Waals surface area contributed by atoms with Crippen molar-refractivity contribution in [3.8, 4) is 0 Å². The summed E-state index contributed by atoms with van der Waals surface area (Å²) in [5, 5.41) is 0. The molecule has 0 aromatic heterocycles. The SMILES string of the molecule is CC/C=C\C/C=C\C/C=C\C/C=C\C/C=C\C/C=C\CCCCCCCCC(=O)OC(COC(=O)CCCCCCCCCC)COC(=O)CCCCCCCCCCCCCCCCCCCCCCCCCCCCCCC. The molecule has 0 saturated heterocycles. The molecule has 1 unspecified atom stereocenters. The molecule has 0 heterocycles. The third-order valence-electron chi connectivity index (χ3n) is 15.5. The van der Waals surface area contributed by atoms with Gasteiger partial charge in [0, 0.05) is 19.3 Å². The minimum absolute atomic E-state index is 0.0774. The van der Waals surface area contributed by atoms with Gasteiger partial charge in [-0.3, -0.25) is 14.4 Å². The van der Waals surface area contributed by atoms with Crippen LogP contribution in [0.3, 0.4) is 0 Å². The number of allylic oxidation sites excluding steroid dienone is 12. The van der Waals surface area contributed by atoms with Crippen molar-refractivity contribution in [2.75, 3.05) is 13.2 Å². The Kier molecular flexibility index (Phi) is 65.7. The maximum atomic E-state index is 12.9. The summed E-state index contributed by atoms with van der Waals surface area (Å²) in [7, 11) is 0. The molecule has 0 spiro atoms. The van der Waals surface area contributed by atoms with E-state index in [4.69, 9.17) is 14.2 Å². The van der Waals surface area contributed by atoms with Gasteiger partial charge in [-0.25, -0.2) is 0 Å². The summed E-state index contributed by atoms with van der Waals surface area (Å²) in [6, 6.07) is 0. The highest BCUT2D eigenvalue weighted by molar-refractivity contribution is 5.71. The zero-order valence-electron chi connectivity index (χ0n) is 53.3. The lowest BCUT2D eigenvalue weighted by Gasteiger charge is -2.18. The van der Waals surface area contributed by atoms with E-state index in [1.807, 2.05) is 0 Å². The molecule has 0 aliphatic rings. The highest BCUT2D eigenvalue weighted by Gasteiger charge is 2.19. The van der Waals surface area contributed by atoms with Gasteiger partial charge in [0.2, 0.25) is 0 Å². The maximum Gasteiger partial charge on any atom is 0.306 e. The van der Waals surface area contributed by atoms with Gasteiger partial charge in [0.1, 0.15) is 13.2 Å². The molecular formula is C74H132O6. The summed E-state index contributed by atoms with van der Waals surface area (Å²) in [4.78, 5) is 38.2. The molecule has 0 aromatic carbocycles. The van der Waals surface area contributed by atoms with Crippen LogP contribution < -0.4 is 0 Å². The molecule has 0 saturated carbocycles. The standard InChI is InChI=1S/C74H132O6/c1-4-7-10-13-16-19-21-23-25-27-29-31-33-35-36-37-38-40-41-43-45-47-49-51-53-55-58-61-64-67-73(76)79-70-71(69-78-72(75)66-63-60-57-18-15-12-9-6-3)80-74(77)68-65-62-59-56-54-52-50-48-46-44-42-39-34-32-30-28-26-24-22-20-17-14-11-8-5-2/h8,11,17,20,24,26,30,32,39,42,46,48,71H,4-7,9-10,12-16,18-19,21-23,25,27-29,31,33-38,40-41,43-45,47,49-70H2,1-3H3/b11-8-,20-17-,26-24-,32-30-,42-39-,48-46-. The van der Waals surface area contributed by atoms with Gasteiger partial charge in [0.05, 0.1) is 0 Å². The van der Waals surface area contributed by atoms with Crippen LogP contribution in [0.5, 0.6) is 0 Å². The van der Waals surface area contributed by atoms with Crippen LogP contribution in [0.4, 0.5) is 0 Å². The first-order valence-electron chi connectivity index (χ1n) is 34.9. The predicted octanol–water partition coefficient (Wildman–Crippen LogP) is 24.1. The molecule has 0 rings (SSSR count). The van der Waals surface area contributed by atoms with Crippen LogP contribution >= 0.6 is 0 Å². The first-order valence-corrected chi connectivity index (χ1v) is 34.9. The highest BCUT2D eigenvalue weighted by Crippen LogP contribution is 2.18. The monoisotopic (exact) mass is 1120 g/mol. The third kappa shape index (κ3) is 65.7. The normalized spacial score (nSPS) is 12.5. The fraction of sp³-hybridized carbons (Fsp3) is 0.797. The lowest BCUT2D eigenvalue weighted by molar-refractivity contribution is -0.167. The van der Waals surface area contributed by atoms with E-state index in [9.17, 15) is 14.4 Å². The first-order chi connectivity index (χ1) is 39.5. The van der Waals surface area contributed by atoms with Gasteiger partial charge >= 0.3 is 17.9 Å². The van der Waals surface area contributed by atoms with Crippen molar-refractivity contribution in [2.24, 2.45) is 0 Å². The van der Waals surface area contributed by atoms with E-state index in [1.54, 1.807) is 0 Å². The van der Waals surface area contributed by atoms with Gasteiger partial charge in [0.25, 0.3) is 0 Å². The number of rotatable bonds is 64. The summed E-state index contributed by atoms with van der Waals surface area (Å²) in [6.07, 6.45) is 89.6. The average Bonchev–Trinajstić information content (AvgIpc) is 3.46. The Morgan fingerprint density at radius 3 is 0.762 bits per heavy atom. The van der Waals surface area contributed by atoms with E-state index in [-0.39, 0.29) is 31.1 Å². The van der Waals surface area contributed by atoms with Gasteiger partial charge in [0.15, 0.2) is 6.10 Å². The van der Waals surface area contributed by atoms with E-state index >= 15 is 0 Å². The summed E-state index contributed by atoms with van der Waals surface area (Å²) in [5.74, 6) is -0.879. The van der Waals surface area contributed by atoms with Gasteiger partial charge < -0.3 is 14.2 Å². The molecule has 0 fully saturated rings. The molecule has 80 heavy (non-hydrogen) atoms. The minimum atomic E-state index is -0.781. The number of carbonyl (C=O) groups excluding carboxylic acids is 3. The molecule has 464 valence electrons. The molecule has 0 bridgehead atoms. The van der Waals surface area contributed by atoms with Crippen molar-refractivity contribution in [1.82, 2.24) is 0 Å². The number of hydrogen-bond donors (Lipinski definition) is 0. The van der Waals surface area contributed by atoms with Crippen molar-refractivity contribution in [2.45, 2.75) is 367 Å². The molecule has 0 aliphatic carbocycles. The van der Waals surface area contributed by atoms with E-state index in [0.717, 1.165) is 109 Å². The van der Waals surface area contributed by atoms with Crippen LogP contribution in [0.15, 0.2) is 72.9 Å². The van der Waals surface area contributed by atoms with Gasteiger partial charge in [-0.05, 0) is 70.6 Å². The highest BCUT2D eigenvalue weighted by atomic mass is 16.6. The molecular weight excluding hydrogens is 985 g/mol. The Bertz CT molecular complexity index is 1470. The second-order valence-electron chi connectivity index (χ2n) is 23.4. The lowest BCUT2D eigenvalue weighted by atomic mass is 10.0. The quantitative estimate of drug-likeness (QED) is 0.0261. The van der Waals surface area contributed by atoms with Crippen molar-refractivity contribution in [1.29, 1.82) is 0 Å². The average molecular weight is 1120 g/mol. The summed E-state index contributed by atoms with van der Waals surface area (Å²) < 4.78 is 16.9. The smallest absolute Gasteiger partial charge is 0.306 e. The summed E-state index contributed by atoms with van der Waals surface area (Å²) >= 11 is 0. The molecule has 0 radical (unpaired) electrons. The van der Waals surface area contributed by atoms with Crippen LogP contribution in [0, 0.1) is 0 Å². The zero-order valence-corrected chi connectivity index (χ0v) is 53.3. The largest absolute Gasteiger partial charge is 0.462 e. The van der Waals surface area contributed by atoms with Crippen molar-refractivity contribution in [3.63, 3.8) is 0 Å². The molecule has 6 heteroatoms. The molecule has 0 aliphatic heterocycles. The second-order valence-corrected chi connectivity index (χ2v) is 23.4. The molecule has 0 aromatic rings. The van der Waals surface area contributed by atoms with E-state index in [1.165, 1.54) is 212 Å². The van der Waals surface area contributed by atoms with Crippen molar-refractivity contribution < 1.29 is 28.6 Å². The van der Waals surface area contributed by atoms with Crippen molar-refractivity contribution >= 4 is 17.9 Å². The van der Waals surface area contributed by atoms with Gasteiger partial charge in [-0.1, -0.05) is 344 Å². The van der Waals surface area contributed by atoms with Gasteiger partial charge in [-0.2, -0.15) is 0 Å². The summed E-state index contributed by atoms with van der Waals surface area (Å²) in [5.41, 5.74) is 0. The van der Waals surface area contributed by atoms with E-state index in [2.05, 4.69) is 93.7 Å². The minimum Gasteiger partial charge on any atom is -0.462 e. The maximum absolute atomic E-state index is 12.9. The van der Waals surface area contributed by atoms with E-state index < -0.39 is 6.10 Å². The Hall–Kier alpha value is -3.15. The topological polar surface area (TPSA) is 78.9 Å². The number of carbonyl (C=O) groups is 3. The predicted molar refractivity (Wildman–Crippen MR) is 348 cm³/mol. The fourth-order valence-electron chi connectivity index (χ4n) is 10.3. The molecule has 6 nitrogen and oxygen atoms in total. The van der Waals surface area contributed by atoms with Crippen LogP contribution in [-0.2, 0) is 28.6 Å². The van der Waals surface area contributed by atoms with Gasteiger partial charge in [-0.15, -0.1) is 0 Å². The number of esters is 3. The van der Waals surface area contributed by atoms with Crippen molar-refractivity contribution in [3.05, 3.63) is 72.9 Å². The van der Waals surface area contributed by atoms with E-state index in [0.29, 0.717) is 19.3 Å². The van der Waals surface area contributed by atoms with Crippen LogP contribution in [0.25, 0.3) is 0 Å². The third-order valence-corrected chi connectivity index (χ3v) is 15.5. The Morgan fingerprint density at radius 1 is 0.263 bits per heavy atom. The van der Waals surface area contributed by atoms with Crippen LogP contribution in [0.2, 0.25) is 0 Å². The lowest BCUT2D eigenvalue weighted by Crippen LogP contribution is -2.30. The first kappa shape index (κ1) is 76.9. The number of ether oxygens (including phenoxy) is 3. The Morgan fingerprint density at radius 2 is 0.487 bits per heavy atom. The zero-order chi connectivity index (χ0) is 57.8. The van der Waals surface area contributed by atoms with Crippen LogP contribution in [-0.4, -0.2) is 37.2 Å².